The topological polar surface area (TPSA) is 54.9 Å². The van der Waals surface area contributed by atoms with Gasteiger partial charge in [0.15, 0.2) is 11.7 Å². The Hall–Kier alpha value is -2.19. The Balaban J connectivity index is 1.52. The minimum absolute atomic E-state index is 0.0568. The van der Waals surface area contributed by atoms with E-state index in [0.717, 1.165) is 43.1 Å². The van der Waals surface area contributed by atoms with Crippen molar-refractivity contribution in [3.8, 4) is 5.75 Å². The summed E-state index contributed by atoms with van der Waals surface area (Å²) in [5.41, 5.74) is 3.34. The molecule has 6 nitrogen and oxygen atoms in total. The van der Waals surface area contributed by atoms with Crippen LogP contribution in [0.4, 0.5) is 5.13 Å². The van der Waals surface area contributed by atoms with E-state index in [0.29, 0.717) is 22.4 Å². The molecule has 1 saturated heterocycles. The van der Waals surface area contributed by atoms with Gasteiger partial charge in [-0.25, -0.2) is 4.98 Å². The first-order valence-electron chi connectivity index (χ1n) is 10.4. The zero-order valence-electron chi connectivity index (χ0n) is 17.8. The summed E-state index contributed by atoms with van der Waals surface area (Å²) in [5, 5.41) is 1.34. The normalized spacial score (nSPS) is 14.7. The molecule has 1 fully saturated rings. The number of carbonyl (C=O) groups excluding carboxylic acids is 1. The fourth-order valence-corrected chi connectivity index (χ4v) is 4.65. The molecule has 164 valence electrons. The molecule has 1 aliphatic rings. The summed E-state index contributed by atoms with van der Waals surface area (Å²) in [6.45, 7) is 8.65. The third-order valence-electron chi connectivity index (χ3n) is 5.44. The van der Waals surface area contributed by atoms with Crippen LogP contribution in [0.25, 0.3) is 10.2 Å². The summed E-state index contributed by atoms with van der Waals surface area (Å²) in [6, 6.07) is 11.2. The Morgan fingerprint density at radius 2 is 1.90 bits per heavy atom. The van der Waals surface area contributed by atoms with Crippen LogP contribution in [0.15, 0.2) is 36.4 Å². The van der Waals surface area contributed by atoms with E-state index in [-0.39, 0.29) is 12.5 Å². The van der Waals surface area contributed by atoms with Gasteiger partial charge in [-0.3, -0.25) is 14.6 Å². The summed E-state index contributed by atoms with van der Waals surface area (Å²) in [6.07, 6.45) is 0. The van der Waals surface area contributed by atoms with E-state index in [1.54, 1.807) is 40.5 Å². The van der Waals surface area contributed by atoms with Gasteiger partial charge in [0.25, 0.3) is 5.91 Å². The third kappa shape index (κ3) is 5.54. The number of fused-ring (bicyclic) bond motifs is 1. The number of thiazole rings is 1. The van der Waals surface area contributed by atoms with Crippen LogP contribution in [0.5, 0.6) is 5.75 Å². The van der Waals surface area contributed by atoms with Crippen LogP contribution in [0.1, 0.15) is 11.1 Å². The highest BCUT2D eigenvalue weighted by Gasteiger charge is 2.22. The van der Waals surface area contributed by atoms with Gasteiger partial charge in [0.1, 0.15) is 5.75 Å². The molecule has 8 heteroatoms. The van der Waals surface area contributed by atoms with E-state index < -0.39 is 0 Å². The molecule has 2 aromatic carbocycles. The number of hydrogen-bond acceptors (Lipinski definition) is 6. The van der Waals surface area contributed by atoms with E-state index in [2.05, 4.69) is 30.9 Å². The zero-order valence-corrected chi connectivity index (χ0v) is 19.3. The second kappa shape index (κ2) is 9.96. The van der Waals surface area contributed by atoms with Crippen LogP contribution in [0.3, 0.4) is 0 Å². The predicted molar refractivity (Wildman–Crippen MR) is 126 cm³/mol. The number of anilines is 1. The summed E-state index contributed by atoms with van der Waals surface area (Å²) in [7, 11) is 0. The molecule has 0 unspecified atom stereocenters. The van der Waals surface area contributed by atoms with Crippen molar-refractivity contribution in [2.45, 2.75) is 13.8 Å². The van der Waals surface area contributed by atoms with Crippen LogP contribution in [-0.2, 0) is 9.53 Å². The lowest BCUT2D eigenvalue weighted by Crippen LogP contribution is -2.44. The predicted octanol–water partition coefficient (Wildman–Crippen LogP) is 4.31. The average molecular weight is 460 g/mol. The van der Waals surface area contributed by atoms with Gasteiger partial charge in [0.05, 0.1) is 23.4 Å². The number of nitrogens with zero attached hydrogens (tertiary/aromatic N) is 3. The molecule has 0 aliphatic carbocycles. The number of amides is 1. The molecule has 4 rings (SSSR count). The van der Waals surface area contributed by atoms with E-state index in [9.17, 15) is 4.79 Å². The number of halogens is 1. The van der Waals surface area contributed by atoms with E-state index in [1.807, 2.05) is 0 Å². The summed E-state index contributed by atoms with van der Waals surface area (Å²) in [4.78, 5) is 22.0. The first-order chi connectivity index (χ1) is 15.0. The van der Waals surface area contributed by atoms with Gasteiger partial charge in [-0.05, 0) is 61.4 Å². The molecule has 0 bridgehead atoms. The van der Waals surface area contributed by atoms with Gasteiger partial charge in [-0.1, -0.05) is 22.9 Å². The fraction of sp³-hybridized carbons (Fsp3) is 0.391. The molecule has 2 heterocycles. The second-order valence-corrected chi connectivity index (χ2v) is 9.09. The Morgan fingerprint density at radius 3 is 2.65 bits per heavy atom. The van der Waals surface area contributed by atoms with Crippen molar-refractivity contribution < 1.29 is 14.3 Å². The molecule has 0 radical (unpaired) electrons. The van der Waals surface area contributed by atoms with Gasteiger partial charge >= 0.3 is 0 Å². The molecule has 3 aromatic rings. The summed E-state index contributed by atoms with van der Waals surface area (Å²) < 4.78 is 12.2. The van der Waals surface area contributed by atoms with Gasteiger partial charge in [0.2, 0.25) is 0 Å². The molecule has 0 atom stereocenters. The van der Waals surface area contributed by atoms with Crippen molar-refractivity contribution >= 4 is 44.2 Å². The Labute approximate surface area is 191 Å². The van der Waals surface area contributed by atoms with Crippen LogP contribution in [-0.4, -0.2) is 61.8 Å². The maximum Gasteiger partial charge on any atom is 0.266 e. The molecule has 1 amide bonds. The molecule has 1 aromatic heterocycles. The second-order valence-electron chi connectivity index (χ2n) is 7.64. The molecular weight excluding hydrogens is 434 g/mol. The largest absolute Gasteiger partial charge is 0.484 e. The van der Waals surface area contributed by atoms with Crippen molar-refractivity contribution in [3.05, 3.63) is 52.5 Å². The summed E-state index contributed by atoms with van der Waals surface area (Å²) in [5.74, 6) is 0.497. The van der Waals surface area contributed by atoms with E-state index in [1.165, 1.54) is 11.1 Å². The monoisotopic (exact) mass is 459 g/mol. The highest BCUT2D eigenvalue weighted by molar-refractivity contribution is 7.22. The van der Waals surface area contributed by atoms with Crippen LogP contribution in [0.2, 0.25) is 5.02 Å². The number of rotatable bonds is 7. The molecule has 0 saturated carbocycles. The molecular formula is C23H26ClN3O3S. The molecule has 1 aliphatic heterocycles. The first-order valence-corrected chi connectivity index (χ1v) is 11.6. The van der Waals surface area contributed by atoms with Gasteiger partial charge < -0.3 is 9.47 Å². The fourth-order valence-electron chi connectivity index (χ4n) is 3.43. The molecule has 31 heavy (non-hydrogen) atoms. The molecule has 0 N–H and O–H groups in total. The SMILES string of the molecule is Cc1cc2nc(N(CCN3CCOCC3)C(=O)COc3ccc(Cl)cc3)sc2cc1C. The number of carbonyl (C=O) groups is 1. The smallest absolute Gasteiger partial charge is 0.266 e. The number of benzene rings is 2. The van der Waals surface area contributed by atoms with Crippen molar-refractivity contribution in [1.29, 1.82) is 0 Å². The van der Waals surface area contributed by atoms with E-state index in [4.69, 9.17) is 26.1 Å². The number of morpholine rings is 1. The third-order valence-corrected chi connectivity index (χ3v) is 6.74. The van der Waals surface area contributed by atoms with Crippen LogP contribution < -0.4 is 9.64 Å². The first kappa shape index (κ1) is 22.0. The quantitative estimate of drug-likeness (QED) is 0.527. The lowest BCUT2D eigenvalue weighted by Gasteiger charge is -2.29. The van der Waals surface area contributed by atoms with E-state index >= 15 is 0 Å². The maximum absolute atomic E-state index is 13.2. The maximum atomic E-state index is 13.2. The number of ether oxygens (including phenoxy) is 2. The van der Waals surface area contributed by atoms with Gasteiger partial charge in [0, 0.05) is 31.2 Å². The number of hydrogen-bond donors (Lipinski definition) is 0. The van der Waals surface area contributed by atoms with Gasteiger partial charge in [-0.2, -0.15) is 0 Å². The average Bonchev–Trinajstić information content (AvgIpc) is 3.16. The highest BCUT2D eigenvalue weighted by atomic mass is 35.5. The zero-order chi connectivity index (χ0) is 21.8. The Kier molecular flexibility index (Phi) is 7.07. The number of aryl methyl sites for hydroxylation is 2. The lowest BCUT2D eigenvalue weighted by molar-refractivity contribution is -0.120. The summed E-state index contributed by atoms with van der Waals surface area (Å²) >= 11 is 7.47. The molecule has 0 spiro atoms. The lowest BCUT2D eigenvalue weighted by atomic mass is 10.1. The standard InChI is InChI=1S/C23H26ClN3O3S/c1-16-13-20-21(14-17(16)2)31-23(25-20)27(8-7-26-9-11-29-12-10-26)22(28)15-30-19-5-3-18(24)4-6-19/h3-6,13-14H,7-12,15H2,1-2H3. The van der Waals surface area contributed by atoms with Crippen molar-refractivity contribution in [2.75, 3.05) is 50.9 Å². The van der Waals surface area contributed by atoms with Crippen LogP contribution >= 0.6 is 22.9 Å². The van der Waals surface area contributed by atoms with Crippen molar-refractivity contribution in [1.82, 2.24) is 9.88 Å². The minimum atomic E-state index is -0.115. The van der Waals surface area contributed by atoms with Crippen molar-refractivity contribution in [3.63, 3.8) is 0 Å². The van der Waals surface area contributed by atoms with Crippen molar-refractivity contribution in [2.24, 2.45) is 0 Å². The Bertz CT molecular complexity index is 1010. The minimum Gasteiger partial charge on any atom is -0.484 e. The Morgan fingerprint density at radius 1 is 1.19 bits per heavy atom. The van der Waals surface area contributed by atoms with Crippen LogP contribution in [0, 0.1) is 13.8 Å². The van der Waals surface area contributed by atoms with Gasteiger partial charge in [-0.15, -0.1) is 0 Å². The number of aromatic nitrogens is 1. The highest BCUT2D eigenvalue weighted by Crippen LogP contribution is 2.31.